The third-order valence-corrected chi connectivity index (χ3v) is 2.63. The maximum Gasteiger partial charge on any atom is 0.246 e. The van der Waals surface area contributed by atoms with Crippen molar-refractivity contribution in [1.29, 1.82) is 0 Å². The highest BCUT2D eigenvalue weighted by atomic mass is 16.5. The van der Waals surface area contributed by atoms with Crippen LogP contribution in [0.5, 0.6) is 0 Å². The van der Waals surface area contributed by atoms with Crippen LogP contribution in [0.2, 0.25) is 0 Å². The zero-order chi connectivity index (χ0) is 17.9. The molecule has 23 heavy (non-hydrogen) atoms. The van der Waals surface area contributed by atoms with E-state index in [-0.39, 0.29) is 27.4 Å². The number of hydrogen-bond donors (Lipinski definition) is 2. The SMILES string of the molecule is CC.CCC(C)OCC(=O)NCCOCCOCCNC(C)=O.[HH].[HH]. The summed E-state index contributed by atoms with van der Waals surface area (Å²) in [6.07, 6.45) is 0.986. The van der Waals surface area contributed by atoms with Crippen LogP contribution in [0.15, 0.2) is 0 Å². The van der Waals surface area contributed by atoms with Gasteiger partial charge in [0.05, 0.1) is 32.5 Å². The molecule has 1 atom stereocenters. The predicted octanol–water partition coefficient (Wildman–Crippen LogP) is 1.61. The smallest absolute Gasteiger partial charge is 0.246 e. The third kappa shape index (κ3) is 20.8. The zero-order valence-electron chi connectivity index (χ0n) is 15.3. The van der Waals surface area contributed by atoms with Gasteiger partial charge in [-0.3, -0.25) is 9.59 Å². The van der Waals surface area contributed by atoms with Gasteiger partial charge in [0.25, 0.3) is 0 Å². The highest BCUT2D eigenvalue weighted by Gasteiger charge is 2.04. The molecule has 0 spiro atoms. The van der Waals surface area contributed by atoms with Crippen LogP contribution < -0.4 is 10.6 Å². The molecular formula is C16H38N2O5. The summed E-state index contributed by atoms with van der Waals surface area (Å²) in [4.78, 5) is 21.9. The quantitative estimate of drug-likeness (QED) is 0.498. The Labute approximate surface area is 143 Å². The Hall–Kier alpha value is -1.18. The van der Waals surface area contributed by atoms with Crippen LogP contribution in [0.25, 0.3) is 0 Å². The number of amides is 2. The van der Waals surface area contributed by atoms with Crippen molar-refractivity contribution in [2.45, 2.75) is 47.1 Å². The second-order valence-corrected chi connectivity index (χ2v) is 4.59. The minimum Gasteiger partial charge on any atom is -0.377 e. The van der Waals surface area contributed by atoms with Crippen LogP contribution in [0.1, 0.15) is 43.9 Å². The van der Waals surface area contributed by atoms with Crippen molar-refractivity contribution < 1.29 is 26.7 Å². The summed E-state index contributed by atoms with van der Waals surface area (Å²) in [5.74, 6) is -0.201. The Morgan fingerprint density at radius 3 is 2.00 bits per heavy atom. The van der Waals surface area contributed by atoms with Gasteiger partial charge in [0, 0.05) is 22.9 Å². The number of carbonyl (C=O) groups is 2. The molecule has 0 radical (unpaired) electrons. The van der Waals surface area contributed by atoms with E-state index in [2.05, 4.69) is 10.6 Å². The molecule has 0 aromatic heterocycles. The van der Waals surface area contributed by atoms with Gasteiger partial charge < -0.3 is 24.8 Å². The van der Waals surface area contributed by atoms with Gasteiger partial charge in [0.2, 0.25) is 11.8 Å². The molecule has 7 heteroatoms. The Morgan fingerprint density at radius 1 is 1.00 bits per heavy atom. The molecule has 0 fully saturated rings. The minimum absolute atomic E-state index is 0. The largest absolute Gasteiger partial charge is 0.377 e. The number of ether oxygens (including phenoxy) is 3. The summed E-state index contributed by atoms with van der Waals surface area (Å²) >= 11 is 0. The van der Waals surface area contributed by atoms with Crippen LogP contribution in [0, 0.1) is 0 Å². The molecule has 7 nitrogen and oxygen atoms in total. The number of rotatable bonds is 13. The maximum atomic E-state index is 11.4. The van der Waals surface area contributed by atoms with Crippen LogP contribution in [0.3, 0.4) is 0 Å². The van der Waals surface area contributed by atoms with E-state index >= 15 is 0 Å². The van der Waals surface area contributed by atoms with Crippen molar-refractivity contribution >= 4 is 11.8 Å². The van der Waals surface area contributed by atoms with E-state index in [1.54, 1.807) is 0 Å². The van der Waals surface area contributed by atoms with Crippen LogP contribution in [-0.2, 0) is 23.8 Å². The fourth-order valence-corrected chi connectivity index (χ4v) is 1.27. The number of hydrogen-bond acceptors (Lipinski definition) is 5. The normalized spacial score (nSPS) is 11.2. The topological polar surface area (TPSA) is 85.9 Å². The molecule has 1 unspecified atom stereocenters. The summed E-state index contributed by atoms with van der Waals surface area (Å²) in [5.41, 5.74) is 0. The van der Waals surface area contributed by atoms with E-state index < -0.39 is 0 Å². The molecule has 142 valence electrons. The molecule has 2 amide bonds. The fraction of sp³-hybridized carbons (Fsp3) is 0.875. The summed E-state index contributed by atoms with van der Waals surface area (Å²) in [5, 5.41) is 5.34. The second-order valence-electron chi connectivity index (χ2n) is 4.59. The van der Waals surface area contributed by atoms with Gasteiger partial charge in [-0.15, -0.1) is 0 Å². The van der Waals surface area contributed by atoms with E-state index in [4.69, 9.17) is 14.2 Å². The third-order valence-electron chi connectivity index (χ3n) is 2.63. The highest BCUT2D eigenvalue weighted by molar-refractivity contribution is 5.77. The molecule has 0 aromatic carbocycles. The molecule has 0 heterocycles. The first-order valence-electron chi connectivity index (χ1n) is 8.34. The summed E-state index contributed by atoms with van der Waals surface area (Å²) < 4.78 is 15.8. The van der Waals surface area contributed by atoms with Crippen LogP contribution in [0.4, 0.5) is 0 Å². The van der Waals surface area contributed by atoms with Crippen molar-refractivity contribution in [3.05, 3.63) is 0 Å². The second kappa shape index (κ2) is 18.9. The first kappa shape index (κ1) is 24.1. The predicted molar refractivity (Wildman–Crippen MR) is 94.6 cm³/mol. The average Bonchev–Trinajstić information content (AvgIpc) is 2.55. The molecule has 0 aliphatic heterocycles. The van der Waals surface area contributed by atoms with E-state index in [0.717, 1.165) is 6.42 Å². The average molecular weight is 338 g/mol. The van der Waals surface area contributed by atoms with Crippen LogP contribution in [-0.4, -0.2) is 64.0 Å². The van der Waals surface area contributed by atoms with E-state index in [1.165, 1.54) is 6.92 Å². The van der Waals surface area contributed by atoms with Gasteiger partial charge in [-0.25, -0.2) is 0 Å². The molecule has 0 aliphatic rings. The lowest BCUT2D eigenvalue weighted by molar-refractivity contribution is -0.127. The van der Waals surface area contributed by atoms with Gasteiger partial charge >= 0.3 is 0 Å². The van der Waals surface area contributed by atoms with Gasteiger partial charge in [-0.1, -0.05) is 20.8 Å². The fourth-order valence-electron chi connectivity index (χ4n) is 1.27. The maximum absolute atomic E-state index is 11.4. The molecule has 0 aromatic rings. The Morgan fingerprint density at radius 2 is 1.52 bits per heavy atom. The first-order chi connectivity index (χ1) is 11.1. The summed E-state index contributed by atoms with van der Waals surface area (Å²) in [7, 11) is 0. The molecule has 0 saturated heterocycles. The van der Waals surface area contributed by atoms with E-state index in [0.29, 0.717) is 39.5 Å². The van der Waals surface area contributed by atoms with E-state index in [1.807, 2.05) is 27.7 Å². The summed E-state index contributed by atoms with van der Waals surface area (Å²) in [6.45, 7) is 12.3. The minimum atomic E-state index is -0.134. The van der Waals surface area contributed by atoms with Crippen LogP contribution >= 0.6 is 0 Å². The Kier molecular flexibility index (Phi) is 19.8. The van der Waals surface area contributed by atoms with Crippen molar-refractivity contribution in [3.63, 3.8) is 0 Å². The van der Waals surface area contributed by atoms with Crippen molar-refractivity contribution in [3.8, 4) is 0 Å². The van der Waals surface area contributed by atoms with E-state index in [9.17, 15) is 9.59 Å². The Bertz CT molecular complexity index is 298. The molecule has 0 rings (SSSR count). The van der Waals surface area contributed by atoms with Gasteiger partial charge in [-0.05, 0) is 13.3 Å². The lowest BCUT2D eigenvalue weighted by Gasteiger charge is -2.11. The first-order valence-corrected chi connectivity index (χ1v) is 8.34. The lowest BCUT2D eigenvalue weighted by atomic mass is 10.3. The van der Waals surface area contributed by atoms with Crippen molar-refractivity contribution in [2.75, 3.05) is 46.1 Å². The lowest BCUT2D eigenvalue weighted by Crippen LogP contribution is -2.32. The summed E-state index contributed by atoms with van der Waals surface area (Å²) in [6, 6.07) is 0. The number of carbonyl (C=O) groups excluding carboxylic acids is 2. The Balaban J connectivity index is -0.000000530. The monoisotopic (exact) mass is 338 g/mol. The van der Waals surface area contributed by atoms with Crippen molar-refractivity contribution in [1.82, 2.24) is 10.6 Å². The molecule has 0 saturated carbocycles. The number of nitrogens with one attached hydrogen (secondary N) is 2. The van der Waals surface area contributed by atoms with Crippen molar-refractivity contribution in [2.24, 2.45) is 0 Å². The highest BCUT2D eigenvalue weighted by Crippen LogP contribution is 1.94. The van der Waals surface area contributed by atoms with Gasteiger partial charge in [0.1, 0.15) is 6.61 Å². The van der Waals surface area contributed by atoms with Gasteiger partial charge in [-0.2, -0.15) is 0 Å². The zero-order valence-corrected chi connectivity index (χ0v) is 15.3. The van der Waals surface area contributed by atoms with Gasteiger partial charge in [0.15, 0.2) is 0 Å². The molecular weight excluding hydrogens is 300 g/mol. The molecule has 0 bridgehead atoms. The molecule has 0 aliphatic carbocycles. The molecule has 2 N–H and O–H groups in total. The standard InChI is InChI=1S/C14H28N2O5.C2H6.2H2/c1-4-12(2)21-11-14(18)16-6-8-20-10-9-19-7-5-15-13(3)17;1-2;;/h12H,4-11H2,1-3H3,(H,15,17)(H,16,18);1-2H3;2*1H.